The Kier molecular flexibility index (Phi) is 4.62. The number of hydrogen-bond donors (Lipinski definition) is 2. The molecule has 2 N–H and O–H groups in total. The molecule has 0 bridgehead atoms. The van der Waals surface area contributed by atoms with Gasteiger partial charge in [0.15, 0.2) is 0 Å². The van der Waals surface area contributed by atoms with Crippen LogP contribution in [-0.4, -0.2) is 10.5 Å². The van der Waals surface area contributed by atoms with Crippen molar-refractivity contribution in [2.24, 2.45) is 0 Å². The van der Waals surface area contributed by atoms with Gasteiger partial charge < -0.3 is 4.57 Å². The van der Waals surface area contributed by atoms with Gasteiger partial charge in [-0.25, -0.2) is 0 Å². The maximum atomic E-state index is 12.3. The number of nitrogens with zero attached hydrogens (tertiary/aromatic N) is 1. The van der Waals surface area contributed by atoms with Gasteiger partial charge in [-0.05, 0) is 17.7 Å². The molecule has 4 heteroatoms. The quantitative estimate of drug-likeness (QED) is 0.501. The van der Waals surface area contributed by atoms with E-state index in [2.05, 4.69) is 46.3 Å². The third kappa shape index (κ3) is 3.42. The number of benzene rings is 3. The Labute approximate surface area is 158 Å². The van der Waals surface area contributed by atoms with Crippen molar-refractivity contribution < 1.29 is 4.79 Å². The molecule has 4 aromatic rings. The summed E-state index contributed by atoms with van der Waals surface area (Å²) in [6.07, 6.45) is 0.373. The third-order valence-electron chi connectivity index (χ3n) is 4.72. The molecule has 27 heavy (non-hydrogen) atoms. The first-order valence-corrected chi connectivity index (χ1v) is 8.99. The molecule has 1 amide bonds. The lowest BCUT2D eigenvalue weighted by Crippen LogP contribution is -2.36. The molecule has 0 aliphatic rings. The highest BCUT2D eigenvalue weighted by molar-refractivity contribution is 6.08. The number of amides is 1. The monoisotopic (exact) mass is 355 g/mol. The molecule has 0 aliphatic carbocycles. The molecular weight excluding hydrogens is 334 g/mol. The zero-order valence-electron chi connectivity index (χ0n) is 15.0. The highest BCUT2D eigenvalue weighted by Crippen LogP contribution is 2.28. The predicted octanol–water partition coefficient (Wildman–Crippen LogP) is 4.48. The molecule has 134 valence electrons. The minimum absolute atomic E-state index is 0.0751. The molecule has 0 radical (unpaired) electrons. The first-order chi connectivity index (χ1) is 13.2. The maximum Gasteiger partial charge on any atom is 0.240 e. The van der Waals surface area contributed by atoms with Crippen molar-refractivity contribution in [2.75, 3.05) is 0 Å². The van der Waals surface area contributed by atoms with Crippen LogP contribution in [0.5, 0.6) is 0 Å². The smallest absolute Gasteiger partial charge is 0.240 e. The van der Waals surface area contributed by atoms with Crippen molar-refractivity contribution in [2.45, 2.75) is 13.0 Å². The van der Waals surface area contributed by atoms with Crippen LogP contribution in [0.1, 0.15) is 12.0 Å². The van der Waals surface area contributed by atoms with E-state index in [0.29, 0.717) is 18.7 Å². The van der Waals surface area contributed by atoms with Crippen molar-refractivity contribution >= 4 is 33.4 Å². The van der Waals surface area contributed by atoms with Crippen LogP contribution < -0.4 is 10.9 Å². The van der Waals surface area contributed by atoms with Crippen molar-refractivity contribution in [3.05, 3.63) is 91.0 Å². The number of rotatable bonds is 6. The van der Waals surface area contributed by atoms with Crippen LogP contribution in [0.3, 0.4) is 0 Å². The summed E-state index contributed by atoms with van der Waals surface area (Å²) in [5, 5.41) is 2.42. The van der Waals surface area contributed by atoms with E-state index >= 15 is 0 Å². The lowest BCUT2D eigenvalue weighted by Gasteiger charge is -2.12. The number of hydrazine groups is 1. The molecule has 1 aromatic heterocycles. The van der Waals surface area contributed by atoms with Crippen LogP contribution >= 0.6 is 0 Å². The van der Waals surface area contributed by atoms with Gasteiger partial charge in [-0.1, -0.05) is 73.3 Å². The molecule has 0 saturated heterocycles. The van der Waals surface area contributed by atoms with E-state index in [-0.39, 0.29) is 5.91 Å². The summed E-state index contributed by atoms with van der Waals surface area (Å²) in [5.41, 5.74) is 9.54. The Hall–Kier alpha value is -3.53. The number of carbonyl (C=O) groups excluding carboxylic acids is 1. The normalized spacial score (nSPS) is 10.8. The van der Waals surface area contributed by atoms with Gasteiger partial charge in [0, 0.05) is 34.8 Å². The first-order valence-electron chi connectivity index (χ1n) is 8.99. The topological polar surface area (TPSA) is 46.1 Å². The van der Waals surface area contributed by atoms with Crippen LogP contribution in [0.15, 0.2) is 85.4 Å². The second-order valence-electron chi connectivity index (χ2n) is 6.45. The van der Waals surface area contributed by atoms with Crippen molar-refractivity contribution in [1.29, 1.82) is 0 Å². The molecule has 0 aliphatic heterocycles. The van der Waals surface area contributed by atoms with Gasteiger partial charge in [0.05, 0.1) is 5.70 Å². The number of aryl methyl sites for hydroxylation is 1. The van der Waals surface area contributed by atoms with Gasteiger partial charge in [0.25, 0.3) is 0 Å². The zero-order chi connectivity index (χ0) is 18.6. The summed E-state index contributed by atoms with van der Waals surface area (Å²) in [7, 11) is 0. The number of nitrogens with one attached hydrogen (secondary N) is 2. The fraction of sp³-hybridized carbons (Fsp3) is 0.0870. The Bertz CT molecular complexity index is 1060. The van der Waals surface area contributed by atoms with E-state index in [1.807, 2.05) is 54.6 Å². The molecule has 0 atom stereocenters. The summed E-state index contributed by atoms with van der Waals surface area (Å²) in [6.45, 7) is 4.57. The number of para-hydroxylation sites is 2. The number of fused-ring (bicyclic) bond motifs is 3. The van der Waals surface area contributed by atoms with Gasteiger partial charge in [0.2, 0.25) is 5.91 Å². The Morgan fingerprint density at radius 2 is 1.33 bits per heavy atom. The first kappa shape index (κ1) is 16.9. The van der Waals surface area contributed by atoms with Crippen LogP contribution in [-0.2, 0) is 11.3 Å². The summed E-state index contributed by atoms with van der Waals surface area (Å²) < 4.78 is 2.20. The molecule has 4 rings (SSSR count). The van der Waals surface area contributed by atoms with Crippen LogP contribution in [0, 0.1) is 0 Å². The standard InChI is InChI=1S/C23H21N3O/c1-17(18-9-3-2-4-10-18)24-25-23(27)15-16-26-21-13-7-5-11-19(21)20-12-6-8-14-22(20)26/h2-14,24H,1,15-16H2,(H,25,27). The summed E-state index contributed by atoms with van der Waals surface area (Å²) in [6, 6.07) is 26.3. The minimum atomic E-state index is -0.0751. The lowest BCUT2D eigenvalue weighted by molar-refractivity contribution is -0.121. The minimum Gasteiger partial charge on any atom is -0.340 e. The second kappa shape index (κ2) is 7.38. The highest BCUT2D eigenvalue weighted by Gasteiger charge is 2.11. The van der Waals surface area contributed by atoms with E-state index in [1.54, 1.807) is 0 Å². The van der Waals surface area contributed by atoms with Gasteiger partial charge in [-0.2, -0.15) is 0 Å². The molecule has 0 unspecified atom stereocenters. The largest absolute Gasteiger partial charge is 0.340 e. The van der Waals surface area contributed by atoms with E-state index in [4.69, 9.17) is 0 Å². The third-order valence-corrected chi connectivity index (χ3v) is 4.72. The van der Waals surface area contributed by atoms with Crippen molar-refractivity contribution in [3.8, 4) is 0 Å². The van der Waals surface area contributed by atoms with E-state index in [9.17, 15) is 4.79 Å². The van der Waals surface area contributed by atoms with Crippen LogP contribution in [0.25, 0.3) is 27.5 Å². The van der Waals surface area contributed by atoms with Gasteiger partial charge in [-0.15, -0.1) is 0 Å². The summed E-state index contributed by atoms with van der Waals surface area (Å²) >= 11 is 0. The van der Waals surface area contributed by atoms with Crippen LogP contribution in [0.2, 0.25) is 0 Å². The van der Waals surface area contributed by atoms with E-state index in [1.165, 1.54) is 10.8 Å². The number of aromatic nitrogens is 1. The van der Waals surface area contributed by atoms with Crippen molar-refractivity contribution in [3.63, 3.8) is 0 Å². The maximum absolute atomic E-state index is 12.3. The second-order valence-corrected chi connectivity index (χ2v) is 6.45. The van der Waals surface area contributed by atoms with Crippen LogP contribution in [0.4, 0.5) is 0 Å². The SMILES string of the molecule is C=C(NNC(=O)CCn1c2ccccc2c2ccccc21)c1ccccc1. The summed E-state index contributed by atoms with van der Waals surface area (Å²) in [4.78, 5) is 12.3. The van der Waals surface area contributed by atoms with Crippen molar-refractivity contribution in [1.82, 2.24) is 15.4 Å². The number of hydrogen-bond acceptors (Lipinski definition) is 2. The molecular formula is C23H21N3O. The van der Waals surface area contributed by atoms with Gasteiger partial charge in [-0.3, -0.25) is 15.6 Å². The molecule has 0 spiro atoms. The Morgan fingerprint density at radius 1 is 0.778 bits per heavy atom. The van der Waals surface area contributed by atoms with E-state index < -0.39 is 0 Å². The average Bonchev–Trinajstić information content (AvgIpc) is 3.05. The molecule has 4 nitrogen and oxygen atoms in total. The van der Waals surface area contributed by atoms with E-state index in [0.717, 1.165) is 16.6 Å². The highest BCUT2D eigenvalue weighted by atomic mass is 16.2. The Morgan fingerprint density at radius 3 is 1.96 bits per heavy atom. The fourth-order valence-electron chi connectivity index (χ4n) is 3.38. The molecule has 3 aromatic carbocycles. The molecule has 1 heterocycles. The molecule has 0 saturated carbocycles. The molecule has 0 fully saturated rings. The van der Waals surface area contributed by atoms with Gasteiger partial charge >= 0.3 is 0 Å². The summed E-state index contributed by atoms with van der Waals surface area (Å²) in [5.74, 6) is -0.0751. The number of carbonyl (C=O) groups is 1. The zero-order valence-corrected chi connectivity index (χ0v) is 15.0. The fourth-order valence-corrected chi connectivity index (χ4v) is 3.38. The average molecular weight is 355 g/mol. The Balaban J connectivity index is 1.45. The lowest BCUT2D eigenvalue weighted by atomic mass is 10.2. The predicted molar refractivity (Wildman–Crippen MR) is 111 cm³/mol. The van der Waals surface area contributed by atoms with Gasteiger partial charge in [0.1, 0.15) is 0 Å².